The number of hydrogen-bond acceptors (Lipinski definition) is 2. The van der Waals surface area contributed by atoms with Crippen molar-refractivity contribution in [3.8, 4) is 22.3 Å². The van der Waals surface area contributed by atoms with E-state index >= 15 is 0 Å². The molecular formula is C55H46BNSSi. The third-order valence-electron chi connectivity index (χ3n) is 13.3. The first-order valence-corrected chi connectivity index (χ1v) is 23.8. The van der Waals surface area contributed by atoms with Gasteiger partial charge in [0.25, 0.3) is 0 Å². The number of aryl methyl sites for hydroxylation is 3. The van der Waals surface area contributed by atoms with Gasteiger partial charge in [0.15, 0.2) is 8.07 Å². The van der Waals surface area contributed by atoms with Crippen LogP contribution in [-0.2, 0) is 5.41 Å². The highest BCUT2D eigenvalue weighted by Gasteiger charge is 2.51. The summed E-state index contributed by atoms with van der Waals surface area (Å²) in [5.74, 6) is 0. The molecule has 0 atom stereocenters. The summed E-state index contributed by atoms with van der Waals surface area (Å²) in [6.45, 7) is 13.8. The number of nitrogens with zero attached hydrogens (tertiary/aromatic N) is 1. The van der Waals surface area contributed by atoms with E-state index in [2.05, 4.69) is 216 Å². The lowest BCUT2D eigenvalue weighted by Gasteiger charge is -2.42. The van der Waals surface area contributed by atoms with Crippen LogP contribution in [0.2, 0.25) is 0 Å². The zero-order chi connectivity index (χ0) is 40.2. The van der Waals surface area contributed by atoms with Gasteiger partial charge in [-0.2, -0.15) is 0 Å². The van der Waals surface area contributed by atoms with Crippen LogP contribution in [0.25, 0.3) is 22.3 Å². The first kappa shape index (κ1) is 36.3. The molecule has 11 rings (SSSR count). The van der Waals surface area contributed by atoms with Gasteiger partial charge < -0.3 is 4.90 Å². The fourth-order valence-electron chi connectivity index (χ4n) is 10.6. The maximum Gasteiger partial charge on any atom is 0.249 e. The molecule has 0 unspecified atom stereocenters. The van der Waals surface area contributed by atoms with Gasteiger partial charge in [-0.15, -0.1) is 0 Å². The maximum atomic E-state index is 2.65. The van der Waals surface area contributed by atoms with Crippen molar-refractivity contribution in [3.63, 3.8) is 0 Å². The van der Waals surface area contributed by atoms with Crippen LogP contribution in [0.4, 0.5) is 17.1 Å². The summed E-state index contributed by atoms with van der Waals surface area (Å²) in [5.41, 5.74) is 18.7. The fourth-order valence-corrected chi connectivity index (χ4v) is 17.1. The molecule has 8 aromatic carbocycles. The Morgan fingerprint density at radius 3 is 1.86 bits per heavy atom. The third kappa shape index (κ3) is 5.39. The van der Waals surface area contributed by atoms with E-state index in [9.17, 15) is 0 Å². The lowest BCUT2D eigenvalue weighted by molar-refractivity contribution is 0.590. The second kappa shape index (κ2) is 13.4. The Morgan fingerprint density at radius 1 is 0.525 bits per heavy atom. The summed E-state index contributed by atoms with van der Waals surface area (Å²) in [6, 6.07) is 65.7. The molecule has 0 amide bonds. The Morgan fingerprint density at radius 2 is 1.19 bits per heavy atom. The van der Waals surface area contributed by atoms with Crippen LogP contribution in [0.5, 0.6) is 0 Å². The molecule has 0 radical (unpaired) electrons. The molecule has 3 aliphatic heterocycles. The van der Waals surface area contributed by atoms with Crippen LogP contribution >= 0.6 is 11.8 Å². The average Bonchev–Trinajstić information content (AvgIpc) is 3.53. The predicted molar refractivity (Wildman–Crippen MR) is 257 cm³/mol. The van der Waals surface area contributed by atoms with E-state index in [-0.39, 0.29) is 12.1 Å². The molecule has 284 valence electrons. The monoisotopic (exact) mass is 791 g/mol. The van der Waals surface area contributed by atoms with E-state index in [4.69, 9.17) is 0 Å². The Balaban J connectivity index is 1.26. The molecule has 0 bridgehead atoms. The zero-order valence-corrected chi connectivity index (χ0v) is 36.4. The van der Waals surface area contributed by atoms with Gasteiger partial charge in [-0.1, -0.05) is 171 Å². The van der Waals surface area contributed by atoms with Crippen molar-refractivity contribution in [1.29, 1.82) is 0 Å². The Hall–Kier alpha value is -5.81. The van der Waals surface area contributed by atoms with Crippen LogP contribution in [0.1, 0.15) is 43.0 Å². The number of hydrogen-bond donors (Lipinski definition) is 0. The Bertz CT molecular complexity index is 2920. The minimum atomic E-state index is -2.75. The van der Waals surface area contributed by atoms with Gasteiger partial charge in [-0.25, -0.2) is 0 Å². The van der Waals surface area contributed by atoms with Crippen molar-refractivity contribution in [2.24, 2.45) is 0 Å². The van der Waals surface area contributed by atoms with E-state index in [0.717, 1.165) is 0 Å². The minimum Gasteiger partial charge on any atom is -0.311 e. The largest absolute Gasteiger partial charge is 0.311 e. The molecule has 1 nitrogen and oxygen atoms in total. The third-order valence-corrected chi connectivity index (χ3v) is 19.3. The summed E-state index contributed by atoms with van der Waals surface area (Å²) in [6.07, 6.45) is 0. The highest BCUT2D eigenvalue weighted by Crippen LogP contribution is 2.44. The molecule has 59 heavy (non-hydrogen) atoms. The summed E-state index contributed by atoms with van der Waals surface area (Å²) >= 11 is 1.94. The van der Waals surface area contributed by atoms with E-state index < -0.39 is 8.07 Å². The van der Waals surface area contributed by atoms with Crippen molar-refractivity contribution in [3.05, 3.63) is 192 Å². The van der Waals surface area contributed by atoms with Gasteiger partial charge in [-0.3, -0.25) is 0 Å². The summed E-state index contributed by atoms with van der Waals surface area (Å²) in [7, 11) is -2.75. The van der Waals surface area contributed by atoms with Crippen molar-refractivity contribution >= 4 is 80.7 Å². The number of rotatable bonds is 4. The van der Waals surface area contributed by atoms with Crippen LogP contribution < -0.4 is 42.0 Å². The van der Waals surface area contributed by atoms with Gasteiger partial charge >= 0.3 is 0 Å². The van der Waals surface area contributed by atoms with Crippen LogP contribution in [0.3, 0.4) is 0 Å². The van der Waals surface area contributed by atoms with Gasteiger partial charge in [0.05, 0.1) is 0 Å². The topological polar surface area (TPSA) is 3.24 Å². The van der Waals surface area contributed by atoms with Gasteiger partial charge in [0.2, 0.25) is 6.71 Å². The fraction of sp³-hybridized carbons (Fsp3) is 0.127. The molecule has 0 saturated heterocycles. The smallest absolute Gasteiger partial charge is 0.249 e. The predicted octanol–water partition coefficient (Wildman–Crippen LogP) is 9.70. The SMILES string of the molecule is Cc1cc2c3c(c1)N(c1ccc(C(C)(C)C)cc1)c1cc4c(cc1B3c1cc(-c3c(C)cccc3C)ccc1S2)-c1ccccc1[Si]4(c1ccccc1)c1ccccc1. The van der Waals surface area contributed by atoms with Gasteiger partial charge in [-0.05, 0) is 139 Å². The molecule has 3 heterocycles. The van der Waals surface area contributed by atoms with Crippen LogP contribution in [0, 0.1) is 20.8 Å². The second-order valence-corrected chi connectivity index (χ2v) is 22.7. The standard InChI is InChI=1S/C55H46BNSSi/c1-35-30-48-54-50(31-35)58-49-29-24-38(53-36(2)16-15-17-37(53)3)32-46(49)56(54)45-33-44-43-22-13-14-23-51(43)59(41-18-9-7-10-19-41,42-20-11-8-12-21-42)52(44)34-47(45)57(48)40-27-25-39(26-28-40)55(4,5)6/h7-34H,1-6H3. The lowest BCUT2D eigenvalue weighted by atomic mass is 9.34. The lowest BCUT2D eigenvalue weighted by Crippen LogP contribution is -2.73. The first-order valence-electron chi connectivity index (χ1n) is 21.0. The second-order valence-electron chi connectivity index (χ2n) is 17.9. The number of benzene rings is 8. The van der Waals surface area contributed by atoms with E-state index in [0.29, 0.717) is 0 Å². The average molecular weight is 792 g/mol. The molecule has 0 N–H and O–H groups in total. The van der Waals surface area contributed by atoms with Gasteiger partial charge in [0.1, 0.15) is 0 Å². The molecule has 0 aliphatic carbocycles. The zero-order valence-electron chi connectivity index (χ0n) is 34.6. The van der Waals surface area contributed by atoms with Gasteiger partial charge in [0, 0.05) is 26.9 Å². The molecule has 0 aromatic heterocycles. The molecule has 0 spiro atoms. The normalized spacial score (nSPS) is 14.3. The summed E-state index contributed by atoms with van der Waals surface area (Å²) in [4.78, 5) is 5.32. The quantitative estimate of drug-likeness (QED) is 0.164. The number of anilines is 3. The molecule has 0 fully saturated rings. The Labute approximate surface area is 354 Å². The highest BCUT2D eigenvalue weighted by atomic mass is 32.2. The molecular weight excluding hydrogens is 746 g/mol. The van der Waals surface area contributed by atoms with Crippen LogP contribution in [-0.4, -0.2) is 14.8 Å². The van der Waals surface area contributed by atoms with Crippen molar-refractivity contribution in [2.75, 3.05) is 4.90 Å². The minimum absolute atomic E-state index is 0.0582. The van der Waals surface area contributed by atoms with Crippen molar-refractivity contribution in [1.82, 2.24) is 0 Å². The number of fused-ring (bicyclic) bond motifs is 7. The Kier molecular flexibility index (Phi) is 8.21. The van der Waals surface area contributed by atoms with E-state index in [1.807, 2.05) is 11.8 Å². The molecule has 4 heteroatoms. The van der Waals surface area contributed by atoms with Crippen LogP contribution in [0.15, 0.2) is 180 Å². The van der Waals surface area contributed by atoms with E-state index in [1.165, 1.54) is 108 Å². The summed E-state index contributed by atoms with van der Waals surface area (Å²) < 4.78 is 0. The van der Waals surface area contributed by atoms with E-state index in [1.54, 1.807) is 0 Å². The highest BCUT2D eigenvalue weighted by molar-refractivity contribution is 8.00. The molecule has 3 aliphatic rings. The molecule has 8 aromatic rings. The first-order chi connectivity index (χ1) is 28.6. The maximum absolute atomic E-state index is 2.75. The summed E-state index contributed by atoms with van der Waals surface area (Å²) in [5, 5.41) is 5.79. The van der Waals surface area contributed by atoms with Crippen molar-refractivity contribution in [2.45, 2.75) is 56.7 Å². The van der Waals surface area contributed by atoms with Crippen molar-refractivity contribution < 1.29 is 0 Å². The molecule has 0 saturated carbocycles.